The molecule has 0 spiro atoms. The first kappa shape index (κ1) is 9.10. The van der Waals surface area contributed by atoms with Crippen molar-refractivity contribution < 1.29 is 0 Å². The van der Waals surface area contributed by atoms with E-state index in [-0.39, 0.29) is 0 Å². The third-order valence-electron chi connectivity index (χ3n) is 1.78. The lowest BCUT2D eigenvalue weighted by Gasteiger charge is -1.97. The summed E-state index contributed by atoms with van der Waals surface area (Å²) < 4.78 is 0.661. The average molecular weight is 212 g/mol. The Kier molecular flexibility index (Phi) is 2.91. The summed E-state index contributed by atoms with van der Waals surface area (Å²) in [5.41, 5.74) is 0. The van der Waals surface area contributed by atoms with E-state index >= 15 is 0 Å². The third kappa shape index (κ3) is 3.05. The van der Waals surface area contributed by atoms with Crippen molar-refractivity contribution in [3.05, 3.63) is 30.3 Å². The van der Waals surface area contributed by atoms with Gasteiger partial charge in [-0.15, -0.1) is 0 Å². The molecule has 0 saturated heterocycles. The standard InChI is InChI=1S/C10H10ClNS/c11-10(12-8-6-7-8)13-9-4-2-1-3-5-9/h1-5,8H,6-7H2. The Morgan fingerprint density at radius 3 is 2.62 bits per heavy atom. The summed E-state index contributed by atoms with van der Waals surface area (Å²) in [4.78, 5) is 5.48. The Bertz CT molecular complexity index is 306. The molecule has 13 heavy (non-hydrogen) atoms. The van der Waals surface area contributed by atoms with Crippen LogP contribution in [0.3, 0.4) is 0 Å². The van der Waals surface area contributed by atoms with Crippen LogP contribution in [0.5, 0.6) is 0 Å². The Morgan fingerprint density at radius 2 is 2.00 bits per heavy atom. The summed E-state index contributed by atoms with van der Waals surface area (Å²) in [6.07, 6.45) is 2.40. The van der Waals surface area contributed by atoms with Crippen molar-refractivity contribution in [2.75, 3.05) is 0 Å². The van der Waals surface area contributed by atoms with E-state index in [0.29, 0.717) is 10.5 Å². The van der Waals surface area contributed by atoms with Gasteiger partial charge in [-0.25, -0.2) is 0 Å². The van der Waals surface area contributed by atoms with Crippen LogP contribution in [0.25, 0.3) is 0 Å². The van der Waals surface area contributed by atoms with E-state index in [0.717, 1.165) is 4.90 Å². The van der Waals surface area contributed by atoms with E-state index in [9.17, 15) is 0 Å². The van der Waals surface area contributed by atoms with Crippen LogP contribution in [0.4, 0.5) is 0 Å². The van der Waals surface area contributed by atoms with Gasteiger partial charge in [-0.05, 0) is 25.0 Å². The van der Waals surface area contributed by atoms with Gasteiger partial charge in [-0.3, -0.25) is 4.99 Å². The second-order valence-corrected chi connectivity index (χ2v) is 4.67. The van der Waals surface area contributed by atoms with Crippen LogP contribution in [0.2, 0.25) is 0 Å². The molecule has 0 atom stereocenters. The van der Waals surface area contributed by atoms with Gasteiger partial charge in [0.1, 0.15) is 0 Å². The van der Waals surface area contributed by atoms with Crippen molar-refractivity contribution in [2.24, 2.45) is 4.99 Å². The number of halogens is 1. The second-order valence-electron chi connectivity index (χ2n) is 3.03. The first-order valence-corrected chi connectivity index (χ1v) is 5.50. The minimum Gasteiger partial charge on any atom is -0.264 e. The fourth-order valence-electron chi connectivity index (χ4n) is 0.959. The lowest BCUT2D eigenvalue weighted by Crippen LogP contribution is -1.83. The summed E-state index contributed by atoms with van der Waals surface area (Å²) in [7, 11) is 0. The highest BCUT2D eigenvalue weighted by molar-refractivity contribution is 8.16. The maximum atomic E-state index is 5.96. The summed E-state index contributed by atoms with van der Waals surface area (Å²) >= 11 is 7.49. The van der Waals surface area contributed by atoms with E-state index in [1.165, 1.54) is 24.6 Å². The molecule has 0 bridgehead atoms. The number of benzene rings is 1. The van der Waals surface area contributed by atoms with Crippen molar-refractivity contribution in [3.8, 4) is 0 Å². The largest absolute Gasteiger partial charge is 0.264 e. The summed E-state index contributed by atoms with van der Waals surface area (Å²) in [5.74, 6) is 0. The van der Waals surface area contributed by atoms with E-state index in [2.05, 4.69) is 4.99 Å². The summed E-state index contributed by atoms with van der Waals surface area (Å²) in [5, 5.41) is 0. The molecular formula is C10H10ClNS. The van der Waals surface area contributed by atoms with Crippen LogP contribution in [0, 0.1) is 0 Å². The van der Waals surface area contributed by atoms with Gasteiger partial charge in [0.25, 0.3) is 0 Å². The predicted molar refractivity (Wildman–Crippen MR) is 58.6 cm³/mol. The molecule has 0 N–H and O–H groups in total. The lowest BCUT2D eigenvalue weighted by molar-refractivity contribution is 1.08. The molecule has 2 rings (SSSR count). The fourth-order valence-corrected chi connectivity index (χ4v) is 2.05. The van der Waals surface area contributed by atoms with Gasteiger partial charge in [-0.1, -0.05) is 41.6 Å². The van der Waals surface area contributed by atoms with Gasteiger partial charge in [0, 0.05) is 4.90 Å². The molecule has 1 nitrogen and oxygen atoms in total. The topological polar surface area (TPSA) is 12.4 Å². The van der Waals surface area contributed by atoms with Crippen LogP contribution >= 0.6 is 23.4 Å². The smallest absolute Gasteiger partial charge is 0.163 e. The van der Waals surface area contributed by atoms with Gasteiger partial charge in [-0.2, -0.15) is 0 Å². The molecule has 0 aromatic heterocycles. The number of hydrogen-bond donors (Lipinski definition) is 0. The molecule has 1 fully saturated rings. The molecule has 68 valence electrons. The highest BCUT2D eigenvalue weighted by Gasteiger charge is 2.20. The molecule has 0 amide bonds. The first-order chi connectivity index (χ1) is 6.34. The summed E-state index contributed by atoms with van der Waals surface area (Å²) in [6, 6.07) is 10.6. The maximum absolute atomic E-state index is 5.96. The molecular weight excluding hydrogens is 202 g/mol. The second kappa shape index (κ2) is 4.16. The third-order valence-corrected chi connectivity index (χ3v) is 2.89. The molecule has 1 saturated carbocycles. The average Bonchev–Trinajstić information content (AvgIpc) is 2.90. The Labute approximate surface area is 87.2 Å². The van der Waals surface area contributed by atoms with E-state index in [1.54, 1.807) is 0 Å². The summed E-state index contributed by atoms with van der Waals surface area (Å²) in [6.45, 7) is 0. The van der Waals surface area contributed by atoms with Gasteiger partial charge in [0.05, 0.1) is 6.04 Å². The van der Waals surface area contributed by atoms with Crippen LogP contribution in [-0.2, 0) is 0 Å². The number of rotatable bonds is 2. The minimum atomic E-state index is 0.503. The van der Waals surface area contributed by atoms with E-state index in [1.807, 2.05) is 30.3 Å². The first-order valence-electron chi connectivity index (χ1n) is 4.31. The quantitative estimate of drug-likeness (QED) is 0.414. The van der Waals surface area contributed by atoms with Crippen molar-refractivity contribution in [1.29, 1.82) is 0 Å². The molecule has 0 radical (unpaired) electrons. The predicted octanol–water partition coefficient (Wildman–Crippen LogP) is 3.54. The maximum Gasteiger partial charge on any atom is 0.163 e. The van der Waals surface area contributed by atoms with Crippen molar-refractivity contribution >= 4 is 27.9 Å². The number of nitrogens with zero attached hydrogens (tertiary/aromatic N) is 1. The van der Waals surface area contributed by atoms with Gasteiger partial charge in [0.2, 0.25) is 0 Å². The van der Waals surface area contributed by atoms with Gasteiger partial charge in [0.15, 0.2) is 4.50 Å². The molecule has 1 aliphatic carbocycles. The van der Waals surface area contributed by atoms with Crippen LogP contribution in [0.1, 0.15) is 12.8 Å². The number of aliphatic imine (C=N–C) groups is 1. The highest BCUT2D eigenvalue weighted by atomic mass is 35.5. The van der Waals surface area contributed by atoms with Crippen LogP contribution in [-0.4, -0.2) is 10.5 Å². The highest BCUT2D eigenvalue weighted by Crippen LogP contribution is 2.28. The van der Waals surface area contributed by atoms with Crippen molar-refractivity contribution in [1.82, 2.24) is 0 Å². The molecule has 3 heteroatoms. The Balaban J connectivity index is 1.97. The molecule has 0 unspecified atom stereocenters. The SMILES string of the molecule is ClC(=NC1CC1)Sc1ccccc1. The Morgan fingerprint density at radius 1 is 1.31 bits per heavy atom. The van der Waals surface area contributed by atoms with Gasteiger partial charge >= 0.3 is 0 Å². The lowest BCUT2D eigenvalue weighted by atomic mass is 10.4. The fraction of sp³-hybridized carbons (Fsp3) is 0.300. The number of thioether (sulfide) groups is 1. The van der Waals surface area contributed by atoms with Crippen LogP contribution in [0.15, 0.2) is 40.2 Å². The zero-order chi connectivity index (χ0) is 9.10. The Hall–Kier alpha value is -0.470. The van der Waals surface area contributed by atoms with Crippen LogP contribution < -0.4 is 0 Å². The van der Waals surface area contributed by atoms with E-state index in [4.69, 9.17) is 11.6 Å². The zero-order valence-electron chi connectivity index (χ0n) is 7.11. The normalized spacial score (nSPS) is 17.5. The van der Waals surface area contributed by atoms with Gasteiger partial charge < -0.3 is 0 Å². The zero-order valence-corrected chi connectivity index (χ0v) is 8.68. The molecule has 1 aliphatic rings. The minimum absolute atomic E-state index is 0.503. The monoisotopic (exact) mass is 211 g/mol. The van der Waals surface area contributed by atoms with Crippen molar-refractivity contribution in [3.63, 3.8) is 0 Å². The van der Waals surface area contributed by atoms with Crippen molar-refractivity contribution in [2.45, 2.75) is 23.8 Å². The molecule has 1 aromatic carbocycles. The molecule has 0 aliphatic heterocycles. The number of hydrogen-bond acceptors (Lipinski definition) is 2. The molecule has 1 aromatic rings. The van der Waals surface area contributed by atoms with E-state index < -0.39 is 0 Å². The molecule has 0 heterocycles.